The van der Waals surface area contributed by atoms with Gasteiger partial charge in [-0.2, -0.15) is 13.2 Å². The van der Waals surface area contributed by atoms with Crippen LogP contribution in [0.4, 0.5) is 13.2 Å². The van der Waals surface area contributed by atoms with Crippen LogP contribution in [-0.2, 0) is 0 Å². The molecule has 1 aliphatic carbocycles. The van der Waals surface area contributed by atoms with Crippen molar-refractivity contribution in [2.24, 2.45) is 5.41 Å². The minimum atomic E-state index is -4.23. The van der Waals surface area contributed by atoms with E-state index in [-0.39, 0.29) is 19.4 Å². The molecule has 0 saturated heterocycles. The Morgan fingerprint density at radius 2 is 2.10 bits per heavy atom. The molecule has 9 heteroatoms. The summed E-state index contributed by atoms with van der Waals surface area (Å²) in [6.45, 7) is 1.57. The van der Waals surface area contributed by atoms with Gasteiger partial charge in [-0.3, -0.25) is 0 Å². The number of fused-ring (bicyclic) bond motifs is 1. The van der Waals surface area contributed by atoms with Crippen molar-refractivity contribution in [3.05, 3.63) is 59.3 Å². The highest BCUT2D eigenvalue weighted by molar-refractivity contribution is 6.30. The van der Waals surface area contributed by atoms with Crippen LogP contribution in [-0.4, -0.2) is 33.3 Å². The average molecular weight is 434 g/mol. The molecule has 5 nitrogen and oxygen atoms in total. The van der Waals surface area contributed by atoms with Gasteiger partial charge in [-0.25, -0.2) is 9.97 Å². The third-order valence-electron chi connectivity index (χ3n) is 5.44. The SMILES string of the molecule is Cc1cc(/C(C=N)=C/NCC2(C(F)(F)F)CC2)c(-c2ccn3ccnc3c2)nc1Cl. The lowest BCUT2D eigenvalue weighted by Gasteiger charge is -2.19. The summed E-state index contributed by atoms with van der Waals surface area (Å²) in [5, 5.41) is 10.9. The van der Waals surface area contributed by atoms with E-state index in [2.05, 4.69) is 15.3 Å². The van der Waals surface area contributed by atoms with Crippen molar-refractivity contribution >= 4 is 29.0 Å². The van der Waals surface area contributed by atoms with E-state index in [4.69, 9.17) is 17.0 Å². The third-order valence-corrected chi connectivity index (χ3v) is 5.82. The van der Waals surface area contributed by atoms with Gasteiger partial charge in [0.1, 0.15) is 10.8 Å². The van der Waals surface area contributed by atoms with Gasteiger partial charge in [-0.15, -0.1) is 0 Å². The highest BCUT2D eigenvalue weighted by Gasteiger charge is 2.62. The molecular weight excluding hydrogens is 415 g/mol. The Hall–Kier alpha value is -2.87. The molecule has 0 aliphatic heterocycles. The quantitative estimate of drug-likeness (QED) is 0.410. The first-order valence-corrected chi connectivity index (χ1v) is 9.73. The van der Waals surface area contributed by atoms with Gasteiger partial charge in [-0.1, -0.05) is 11.6 Å². The molecular formula is C21H19ClF3N5. The molecule has 2 N–H and O–H groups in total. The molecule has 3 aromatic rings. The summed E-state index contributed by atoms with van der Waals surface area (Å²) >= 11 is 6.25. The number of nitrogens with zero attached hydrogens (tertiary/aromatic N) is 3. The lowest BCUT2D eigenvalue weighted by atomic mass is 9.99. The maximum atomic E-state index is 13.2. The largest absolute Gasteiger partial charge is 0.396 e. The van der Waals surface area contributed by atoms with Gasteiger partial charge >= 0.3 is 6.18 Å². The van der Waals surface area contributed by atoms with Crippen molar-refractivity contribution in [3.63, 3.8) is 0 Å². The summed E-state index contributed by atoms with van der Waals surface area (Å²) in [5.74, 6) is 0. The van der Waals surface area contributed by atoms with Crippen LogP contribution in [0.3, 0.4) is 0 Å². The van der Waals surface area contributed by atoms with Gasteiger partial charge in [-0.05, 0) is 43.5 Å². The van der Waals surface area contributed by atoms with Crippen molar-refractivity contribution in [2.45, 2.75) is 25.9 Å². The maximum Gasteiger partial charge on any atom is 0.396 e. The normalized spacial score (nSPS) is 16.0. The number of hydrogen-bond acceptors (Lipinski definition) is 4. The number of aryl methyl sites for hydroxylation is 1. The molecule has 0 atom stereocenters. The number of halogens is 4. The second kappa shape index (κ2) is 7.43. The van der Waals surface area contributed by atoms with Gasteiger partial charge in [0.25, 0.3) is 0 Å². The maximum absolute atomic E-state index is 13.2. The Kier molecular flexibility index (Phi) is 5.05. The molecule has 0 bridgehead atoms. The molecule has 0 radical (unpaired) electrons. The molecule has 4 rings (SSSR count). The summed E-state index contributed by atoms with van der Waals surface area (Å²) in [6.07, 6.45) is 3.88. The molecule has 1 fully saturated rings. The fraction of sp³-hybridized carbons (Fsp3) is 0.286. The second-order valence-electron chi connectivity index (χ2n) is 7.50. The smallest absolute Gasteiger partial charge is 0.389 e. The van der Waals surface area contributed by atoms with Crippen LogP contribution in [0.5, 0.6) is 0 Å². The van der Waals surface area contributed by atoms with Crippen LogP contribution in [0.2, 0.25) is 5.15 Å². The Bertz CT molecular complexity index is 1150. The van der Waals surface area contributed by atoms with Gasteiger partial charge in [0.05, 0.1) is 11.1 Å². The van der Waals surface area contributed by atoms with Gasteiger partial charge in [0.15, 0.2) is 0 Å². The summed E-state index contributed by atoms with van der Waals surface area (Å²) in [6, 6.07) is 5.48. The Balaban J connectivity index is 1.71. The Morgan fingerprint density at radius 3 is 2.77 bits per heavy atom. The topological polar surface area (TPSA) is 66.1 Å². The molecule has 156 valence electrons. The van der Waals surface area contributed by atoms with Crippen LogP contribution in [0.15, 0.2) is 43.0 Å². The molecule has 3 heterocycles. The van der Waals surface area contributed by atoms with E-state index < -0.39 is 11.6 Å². The zero-order chi connectivity index (χ0) is 21.5. The highest BCUT2D eigenvalue weighted by atomic mass is 35.5. The number of aromatic nitrogens is 3. The number of nitrogens with one attached hydrogen (secondary N) is 2. The van der Waals surface area contributed by atoms with Crippen molar-refractivity contribution < 1.29 is 13.2 Å². The monoisotopic (exact) mass is 433 g/mol. The molecule has 3 aromatic heterocycles. The molecule has 0 unspecified atom stereocenters. The number of hydrogen-bond donors (Lipinski definition) is 2. The van der Waals surface area contributed by atoms with Crippen LogP contribution in [0, 0.1) is 17.7 Å². The first-order chi connectivity index (χ1) is 14.2. The Labute approximate surface area is 176 Å². The molecule has 0 aromatic carbocycles. The zero-order valence-electron chi connectivity index (χ0n) is 16.1. The highest BCUT2D eigenvalue weighted by Crippen LogP contribution is 2.57. The summed E-state index contributed by atoms with van der Waals surface area (Å²) in [4.78, 5) is 8.76. The number of rotatable bonds is 6. The van der Waals surface area contributed by atoms with Gasteiger partial charge < -0.3 is 15.1 Å². The van der Waals surface area contributed by atoms with E-state index in [0.29, 0.717) is 27.5 Å². The molecule has 0 spiro atoms. The summed E-state index contributed by atoms with van der Waals surface area (Å²) in [7, 11) is 0. The fourth-order valence-electron chi connectivity index (χ4n) is 3.35. The standard InChI is InChI=1S/C21H19ClF3N5/c1-13-8-16(15(10-26)11-27-12-20(3-4-20)21(23,24)25)18(29-19(13)22)14-2-6-30-7-5-28-17(30)9-14/h2,5-11,26-27H,3-4,12H2,1H3/b15-11+,26-10?. The van der Waals surface area contributed by atoms with Crippen molar-refractivity contribution in [3.8, 4) is 11.3 Å². The number of alkyl halides is 3. The van der Waals surface area contributed by atoms with E-state index in [9.17, 15) is 13.2 Å². The van der Waals surface area contributed by atoms with Crippen molar-refractivity contribution in [2.75, 3.05) is 6.54 Å². The fourth-order valence-corrected chi connectivity index (χ4v) is 3.49. The first-order valence-electron chi connectivity index (χ1n) is 9.35. The van der Waals surface area contributed by atoms with E-state index in [1.807, 2.05) is 28.9 Å². The van der Waals surface area contributed by atoms with Crippen LogP contribution in [0.1, 0.15) is 24.0 Å². The van der Waals surface area contributed by atoms with Crippen LogP contribution >= 0.6 is 11.6 Å². The zero-order valence-corrected chi connectivity index (χ0v) is 16.8. The van der Waals surface area contributed by atoms with E-state index in [1.54, 1.807) is 19.2 Å². The first kappa shape index (κ1) is 20.4. The molecule has 30 heavy (non-hydrogen) atoms. The summed E-state index contributed by atoms with van der Waals surface area (Å²) < 4.78 is 41.4. The Morgan fingerprint density at radius 1 is 1.33 bits per heavy atom. The minimum Gasteiger partial charge on any atom is -0.389 e. The van der Waals surface area contributed by atoms with Crippen molar-refractivity contribution in [1.29, 1.82) is 5.41 Å². The number of pyridine rings is 2. The lowest BCUT2D eigenvalue weighted by Crippen LogP contribution is -2.33. The lowest BCUT2D eigenvalue weighted by molar-refractivity contribution is -0.184. The third kappa shape index (κ3) is 3.67. The molecule has 1 aliphatic rings. The van der Waals surface area contributed by atoms with E-state index in [0.717, 1.165) is 17.4 Å². The second-order valence-corrected chi connectivity index (χ2v) is 7.86. The summed E-state index contributed by atoms with van der Waals surface area (Å²) in [5.41, 5.74) is 2.05. The van der Waals surface area contributed by atoms with E-state index >= 15 is 0 Å². The van der Waals surface area contributed by atoms with Crippen LogP contribution < -0.4 is 5.32 Å². The molecule has 0 amide bonds. The van der Waals surface area contributed by atoms with E-state index in [1.165, 1.54) is 6.20 Å². The predicted octanol–water partition coefficient (Wildman–Crippen LogP) is 5.28. The molecule has 1 saturated carbocycles. The van der Waals surface area contributed by atoms with Gasteiger partial charge in [0.2, 0.25) is 0 Å². The van der Waals surface area contributed by atoms with Crippen molar-refractivity contribution in [1.82, 2.24) is 19.7 Å². The predicted molar refractivity (Wildman–Crippen MR) is 111 cm³/mol. The minimum absolute atomic E-state index is 0.119. The van der Waals surface area contributed by atoms with Crippen LogP contribution in [0.25, 0.3) is 22.5 Å². The van der Waals surface area contributed by atoms with Gasteiger partial charge in [0, 0.05) is 54.2 Å². The number of allylic oxidation sites excluding steroid dienone is 1. The average Bonchev–Trinajstić information content (AvgIpc) is 3.36. The number of imidazole rings is 1.